The fourth-order valence-electron chi connectivity index (χ4n) is 10.5. The van der Waals surface area contributed by atoms with Crippen LogP contribution in [0, 0.1) is 5.92 Å². The molecule has 4 aliphatic rings. The number of pyridine rings is 3. The van der Waals surface area contributed by atoms with Crippen molar-refractivity contribution in [3.63, 3.8) is 0 Å². The minimum atomic E-state index is -1.06. The summed E-state index contributed by atoms with van der Waals surface area (Å²) >= 11 is 38.3. The average molecular weight is 1430 g/mol. The van der Waals surface area contributed by atoms with E-state index in [1.165, 1.54) is 59.7 Å². The summed E-state index contributed by atoms with van der Waals surface area (Å²) in [6.45, 7) is 0.631. The van der Waals surface area contributed by atoms with Crippen molar-refractivity contribution in [2.24, 2.45) is 5.92 Å². The first-order valence-corrected chi connectivity index (χ1v) is 33.8. The molecule has 8 aromatic rings. The van der Waals surface area contributed by atoms with Gasteiger partial charge in [0.1, 0.15) is 42.1 Å². The number of Topliss-reactive ketones (excluding diaryl/α,β-unsaturated/α-hetero) is 3. The number of hydrogen-bond donors (Lipinski definition) is 3. The van der Waals surface area contributed by atoms with Gasteiger partial charge in [-0.25, -0.2) is 15.0 Å². The number of ketones is 3. The Morgan fingerprint density at radius 2 is 0.964 bits per heavy atom. The van der Waals surface area contributed by atoms with Crippen molar-refractivity contribution in [3.05, 3.63) is 205 Å². The highest BCUT2D eigenvalue weighted by Gasteiger charge is 2.51. The van der Waals surface area contributed by atoms with Crippen molar-refractivity contribution in [2.75, 3.05) is 6.61 Å². The fraction of sp³-hybridized carbons (Fsp3) is 0.250. The Morgan fingerprint density at radius 1 is 0.536 bits per heavy atom. The zero-order chi connectivity index (χ0) is 59.2. The number of nitrogens with zero attached hydrogens (tertiary/aromatic N) is 3. The highest BCUT2D eigenvalue weighted by Crippen LogP contribution is 2.45. The lowest BCUT2D eigenvalue weighted by Gasteiger charge is -2.39. The summed E-state index contributed by atoms with van der Waals surface area (Å²) < 4.78 is 7.34. The van der Waals surface area contributed by atoms with E-state index >= 15 is 0 Å². The molecular formula is C60H48Br2Cl4N6O7S5. The van der Waals surface area contributed by atoms with Crippen molar-refractivity contribution < 1.29 is 33.5 Å². The lowest BCUT2D eigenvalue weighted by molar-refractivity contribution is -0.135. The number of carbonyl (C=O) groups excluding carboxylic acids is 6. The van der Waals surface area contributed by atoms with E-state index in [1.54, 1.807) is 42.5 Å². The molecular weight excluding hydrogens is 1380 g/mol. The molecule has 3 aliphatic heterocycles. The standard InChI is InChI=1S/C26H24Cl2N2O3S2.C20H13BrCl2N2O2S2.C14H11BrN2O2S/c27-18-7-3-8-20(23(18)28)35-24-19(31)13-26(30-25(24)32,17-11-12-34-15-17)21-9-4-10-22(29-21)33-14-16-5-1-2-6-16;21-16-6-2-5-15(24-16)20(11-7-8-28-10-11)9-13(26)18(19(27)25-20)29-14-4-1-3-12(22)17(14)23;15-12-3-1-2-11(16-12)14(9-4-5-20-8-9)7-10(18)6-13(19)17-14/h3-4,7-12,15-16,24H,1-2,5-6,13-14H2,(H,30,32);1-8,10,18H,9H2,(H,25,27);1-5,8H,6-7H2,(H,17,19). The summed E-state index contributed by atoms with van der Waals surface area (Å²) in [6.07, 6.45) is 5.20. The molecule has 9 heterocycles. The van der Waals surface area contributed by atoms with E-state index < -0.39 is 27.1 Å². The van der Waals surface area contributed by atoms with Crippen LogP contribution in [0.3, 0.4) is 0 Å². The van der Waals surface area contributed by atoms with Crippen LogP contribution in [0.2, 0.25) is 20.1 Å². The zero-order valence-corrected chi connectivity index (χ0v) is 54.2. The smallest absolute Gasteiger partial charge is 0.242 e. The van der Waals surface area contributed by atoms with Crippen LogP contribution in [-0.2, 0) is 45.4 Å². The van der Waals surface area contributed by atoms with E-state index in [-0.39, 0.29) is 60.8 Å². The number of thioether (sulfide) groups is 2. The van der Waals surface area contributed by atoms with Crippen LogP contribution >= 0.6 is 136 Å². The Kier molecular flexibility index (Phi) is 20.2. The molecule has 1 saturated carbocycles. The topological polar surface area (TPSA) is 186 Å². The minimum absolute atomic E-state index is 0.0557. The van der Waals surface area contributed by atoms with Gasteiger partial charge in [0.2, 0.25) is 23.6 Å². The van der Waals surface area contributed by atoms with Crippen LogP contribution < -0.4 is 20.7 Å². The molecule has 12 rings (SSSR count). The van der Waals surface area contributed by atoms with Gasteiger partial charge in [0.15, 0.2) is 11.6 Å². The van der Waals surface area contributed by atoms with Crippen LogP contribution in [0.15, 0.2) is 160 Å². The largest absolute Gasteiger partial charge is 0.477 e. The summed E-state index contributed by atoms with van der Waals surface area (Å²) in [5.41, 5.74) is 1.51. The predicted octanol–water partition coefficient (Wildman–Crippen LogP) is 14.8. The van der Waals surface area contributed by atoms with Gasteiger partial charge in [-0.1, -0.05) is 89.6 Å². The monoisotopic (exact) mass is 1420 g/mol. The van der Waals surface area contributed by atoms with Crippen LogP contribution in [-0.4, -0.2) is 67.1 Å². The normalized spacial score (nSPS) is 22.5. The molecule has 3 saturated heterocycles. The first-order valence-electron chi connectivity index (χ1n) is 26.1. The van der Waals surface area contributed by atoms with Gasteiger partial charge < -0.3 is 20.7 Å². The molecule has 2 aromatic carbocycles. The van der Waals surface area contributed by atoms with E-state index in [2.05, 4.69) is 57.8 Å². The second-order valence-corrected chi connectivity index (χ2v) is 27.9. The number of benzene rings is 2. The average Bonchev–Trinajstić information content (AvgIpc) is 2.10. The maximum Gasteiger partial charge on any atom is 0.242 e. The lowest BCUT2D eigenvalue weighted by atomic mass is 9.79. The Hall–Kier alpha value is -4.97. The molecule has 0 radical (unpaired) electrons. The molecule has 84 heavy (non-hydrogen) atoms. The second kappa shape index (κ2) is 27.4. The van der Waals surface area contributed by atoms with Gasteiger partial charge in [-0.05, 0) is 172 Å². The highest BCUT2D eigenvalue weighted by molar-refractivity contribution is 9.10. The lowest BCUT2D eigenvalue weighted by Crippen LogP contribution is -2.58. The summed E-state index contributed by atoms with van der Waals surface area (Å²) in [4.78, 5) is 91.9. The van der Waals surface area contributed by atoms with Crippen LogP contribution in [0.25, 0.3) is 0 Å². The van der Waals surface area contributed by atoms with Crippen molar-refractivity contribution in [1.82, 2.24) is 30.9 Å². The number of ether oxygens (including phenoxy) is 1. The Morgan fingerprint density at radius 3 is 1.38 bits per heavy atom. The Bertz CT molecular complexity index is 3690. The number of nitrogens with one attached hydrogen (secondary N) is 3. The number of carbonyl (C=O) groups is 6. The number of amides is 3. The molecule has 0 spiro atoms. The third kappa shape index (κ3) is 13.7. The van der Waals surface area contributed by atoms with E-state index in [9.17, 15) is 28.8 Å². The molecule has 3 N–H and O–H groups in total. The van der Waals surface area contributed by atoms with Crippen molar-refractivity contribution in [1.29, 1.82) is 0 Å². The minimum Gasteiger partial charge on any atom is -0.477 e. The Balaban J connectivity index is 0.000000146. The number of hydrogen-bond acceptors (Lipinski definition) is 15. The van der Waals surface area contributed by atoms with Crippen LogP contribution in [0.4, 0.5) is 0 Å². The van der Waals surface area contributed by atoms with Crippen molar-refractivity contribution >= 4 is 171 Å². The van der Waals surface area contributed by atoms with Gasteiger partial charge in [0, 0.05) is 35.1 Å². The number of piperidine rings is 3. The molecule has 4 fully saturated rings. The predicted molar refractivity (Wildman–Crippen MR) is 341 cm³/mol. The van der Waals surface area contributed by atoms with Gasteiger partial charge >= 0.3 is 0 Å². The van der Waals surface area contributed by atoms with Crippen LogP contribution in [0.1, 0.15) is 85.1 Å². The molecule has 432 valence electrons. The third-order valence-electron chi connectivity index (χ3n) is 14.6. The summed E-state index contributed by atoms with van der Waals surface area (Å²) in [7, 11) is 0. The Labute approximate surface area is 541 Å². The number of halogens is 6. The van der Waals surface area contributed by atoms with Gasteiger partial charge in [0.25, 0.3) is 0 Å². The molecule has 24 heteroatoms. The second-order valence-electron chi connectivity index (χ2n) is 20.1. The first kappa shape index (κ1) is 62.1. The van der Waals surface area contributed by atoms with Gasteiger partial charge in [0.05, 0.1) is 50.2 Å². The molecule has 5 atom stereocenters. The van der Waals surface area contributed by atoms with E-state index in [0.29, 0.717) is 74.6 Å². The van der Waals surface area contributed by atoms with Gasteiger partial charge in [-0.15, -0.1) is 23.5 Å². The molecule has 1 aliphatic carbocycles. The van der Waals surface area contributed by atoms with Gasteiger partial charge in [-0.2, -0.15) is 34.0 Å². The SMILES string of the molecule is O=C1CC(=O)NC(c2ccsc2)(c2cccc(Br)n2)C1.O=C1CC(c2ccsc2)(c2cccc(Br)n2)NC(=O)C1Sc1cccc(Cl)c1Cl.O=C1CC(c2ccsc2)(c2cccc(OCC3CCCC3)n2)NC(=O)C1Sc1cccc(Cl)c1Cl. The van der Waals surface area contributed by atoms with E-state index in [1.807, 2.05) is 99.0 Å². The number of rotatable bonds is 13. The third-order valence-corrected chi connectivity index (χ3v) is 22.0. The van der Waals surface area contributed by atoms with E-state index in [4.69, 9.17) is 56.1 Å². The highest BCUT2D eigenvalue weighted by atomic mass is 79.9. The number of thiophene rings is 3. The van der Waals surface area contributed by atoms with Crippen LogP contribution in [0.5, 0.6) is 5.88 Å². The van der Waals surface area contributed by atoms with Crippen molar-refractivity contribution in [2.45, 2.75) is 88.3 Å². The molecule has 6 aromatic heterocycles. The summed E-state index contributed by atoms with van der Waals surface area (Å²) in [5, 5.41) is 20.4. The quantitative estimate of drug-likeness (QED) is 0.0734. The number of aromatic nitrogens is 3. The van der Waals surface area contributed by atoms with E-state index in [0.717, 1.165) is 40.2 Å². The molecule has 5 unspecified atom stereocenters. The molecule has 13 nitrogen and oxygen atoms in total. The maximum absolute atomic E-state index is 13.5. The van der Waals surface area contributed by atoms with Gasteiger partial charge in [-0.3, -0.25) is 28.8 Å². The first-order chi connectivity index (χ1) is 40.5. The molecule has 3 amide bonds. The molecule has 0 bridgehead atoms. The summed E-state index contributed by atoms with van der Waals surface area (Å²) in [6, 6.07) is 32.6. The maximum atomic E-state index is 13.5. The fourth-order valence-corrected chi connectivity index (χ4v) is 16.4. The van der Waals surface area contributed by atoms with Crippen molar-refractivity contribution in [3.8, 4) is 5.88 Å². The summed E-state index contributed by atoms with van der Waals surface area (Å²) in [5.74, 6) is -0.409. The zero-order valence-electron chi connectivity index (χ0n) is 44.0.